The molecule has 7 heteroatoms. The summed E-state index contributed by atoms with van der Waals surface area (Å²) in [6, 6.07) is 6.76. The standard InChI is InChI=1S/C19H27N3O4/c23-17(22-9-2-1-3-10-22)12-26-16-6-4-5-15(11-16)18(24)21-14-19(25)7-8-20-13-19/h4-6,11,20,25H,1-3,7-10,12-14H2,(H,21,24). The van der Waals surface area contributed by atoms with Crippen LogP contribution in [0.1, 0.15) is 36.0 Å². The zero-order valence-electron chi connectivity index (χ0n) is 15.0. The van der Waals surface area contributed by atoms with Gasteiger partial charge in [0.2, 0.25) is 0 Å². The van der Waals surface area contributed by atoms with E-state index in [-0.39, 0.29) is 25.0 Å². The monoisotopic (exact) mass is 361 g/mol. The lowest BCUT2D eigenvalue weighted by atomic mass is 10.0. The average Bonchev–Trinajstić information content (AvgIpc) is 3.12. The van der Waals surface area contributed by atoms with Gasteiger partial charge in [-0.05, 0) is 50.4 Å². The summed E-state index contributed by atoms with van der Waals surface area (Å²) in [5.41, 5.74) is -0.438. The van der Waals surface area contributed by atoms with Crippen LogP contribution in [0.2, 0.25) is 0 Å². The molecule has 0 radical (unpaired) electrons. The Morgan fingerprint density at radius 3 is 2.81 bits per heavy atom. The van der Waals surface area contributed by atoms with Crippen LogP contribution < -0.4 is 15.4 Å². The van der Waals surface area contributed by atoms with Crippen LogP contribution in [0.5, 0.6) is 5.75 Å². The largest absolute Gasteiger partial charge is 0.484 e. The predicted octanol–water partition coefficient (Wildman–Crippen LogP) is 0.532. The van der Waals surface area contributed by atoms with Crippen LogP contribution in [0.15, 0.2) is 24.3 Å². The Morgan fingerprint density at radius 2 is 2.08 bits per heavy atom. The maximum Gasteiger partial charge on any atom is 0.260 e. The number of benzene rings is 1. The van der Waals surface area contributed by atoms with Crippen LogP contribution in [0.4, 0.5) is 0 Å². The zero-order chi connectivity index (χ0) is 18.4. The van der Waals surface area contributed by atoms with Crippen LogP contribution in [0.25, 0.3) is 0 Å². The molecule has 1 unspecified atom stereocenters. The second-order valence-corrected chi connectivity index (χ2v) is 7.09. The minimum absolute atomic E-state index is 0.0174. The van der Waals surface area contributed by atoms with E-state index in [0.717, 1.165) is 32.5 Å². The number of rotatable bonds is 6. The molecule has 0 bridgehead atoms. The Morgan fingerprint density at radius 1 is 1.27 bits per heavy atom. The zero-order valence-corrected chi connectivity index (χ0v) is 15.0. The fraction of sp³-hybridized carbons (Fsp3) is 0.579. The molecule has 0 aromatic heterocycles. The molecule has 2 fully saturated rings. The third-order valence-electron chi connectivity index (χ3n) is 4.97. The highest BCUT2D eigenvalue weighted by atomic mass is 16.5. The molecule has 26 heavy (non-hydrogen) atoms. The number of hydrogen-bond acceptors (Lipinski definition) is 5. The summed E-state index contributed by atoms with van der Waals surface area (Å²) in [7, 11) is 0. The summed E-state index contributed by atoms with van der Waals surface area (Å²) in [5.74, 6) is 0.206. The topological polar surface area (TPSA) is 90.9 Å². The van der Waals surface area contributed by atoms with Crippen molar-refractivity contribution < 1.29 is 19.4 Å². The van der Waals surface area contributed by atoms with Gasteiger partial charge in [-0.3, -0.25) is 9.59 Å². The van der Waals surface area contributed by atoms with Crippen molar-refractivity contribution in [2.45, 2.75) is 31.3 Å². The molecule has 0 aliphatic carbocycles. The number of β-amino-alcohol motifs (C(OH)–C–C–N with tert-alkyl or cyclic N) is 1. The number of nitrogens with zero attached hydrogens (tertiary/aromatic N) is 1. The van der Waals surface area contributed by atoms with E-state index in [1.165, 1.54) is 6.42 Å². The highest BCUT2D eigenvalue weighted by molar-refractivity contribution is 5.94. The number of nitrogens with one attached hydrogen (secondary N) is 2. The first kappa shape index (κ1) is 18.7. The number of carbonyl (C=O) groups excluding carboxylic acids is 2. The number of likely N-dealkylation sites (tertiary alicyclic amines) is 1. The molecule has 2 amide bonds. The molecule has 1 aromatic rings. The van der Waals surface area contributed by atoms with E-state index in [2.05, 4.69) is 10.6 Å². The molecule has 0 spiro atoms. The van der Waals surface area contributed by atoms with Gasteiger partial charge in [0.25, 0.3) is 11.8 Å². The minimum Gasteiger partial charge on any atom is -0.484 e. The molecular formula is C19H27N3O4. The van der Waals surface area contributed by atoms with Gasteiger partial charge in [-0.1, -0.05) is 6.07 Å². The van der Waals surface area contributed by atoms with E-state index in [4.69, 9.17) is 4.74 Å². The molecule has 7 nitrogen and oxygen atoms in total. The second kappa shape index (κ2) is 8.51. The number of carbonyl (C=O) groups is 2. The predicted molar refractivity (Wildman–Crippen MR) is 97.1 cm³/mol. The number of hydrogen-bond donors (Lipinski definition) is 3. The third kappa shape index (κ3) is 4.95. The van der Waals surface area contributed by atoms with E-state index in [9.17, 15) is 14.7 Å². The summed E-state index contributed by atoms with van der Waals surface area (Å²) in [6.45, 7) is 3.01. The molecule has 142 valence electrons. The molecule has 2 aliphatic rings. The average molecular weight is 361 g/mol. The van der Waals surface area contributed by atoms with Crippen LogP contribution in [0, 0.1) is 0 Å². The molecule has 3 N–H and O–H groups in total. The van der Waals surface area contributed by atoms with E-state index in [1.807, 2.05) is 4.90 Å². The smallest absolute Gasteiger partial charge is 0.260 e. The first-order chi connectivity index (χ1) is 12.6. The van der Waals surface area contributed by atoms with Gasteiger partial charge in [0.05, 0.1) is 5.60 Å². The van der Waals surface area contributed by atoms with E-state index >= 15 is 0 Å². The van der Waals surface area contributed by atoms with E-state index in [1.54, 1.807) is 24.3 Å². The van der Waals surface area contributed by atoms with Gasteiger partial charge in [-0.15, -0.1) is 0 Å². The van der Waals surface area contributed by atoms with Gasteiger partial charge < -0.3 is 25.4 Å². The summed E-state index contributed by atoms with van der Waals surface area (Å²) in [5, 5.41) is 16.1. The minimum atomic E-state index is -0.884. The quantitative estimate of drug-likeness (QED) is 0.688. The molecular weight excluding hydrogens is 334 g/mol. The molecule has 1 aromatic carbocycles. The molecule has 2 heterocycles. The van der Waals surface area contributed by atoms with Crippen molar-refractivity contribution in [1.29, 1.82) is 0 Å². The van der Waals surface area contributed by atoms with E-state index < -0.39 is 5.60 Å². The Bertz CT molecular complexity index is 637. The van der Waals surface area contributed by atoms with Crippen molar-refractivity contribution in [2.75, 3.05) is 39.3 Å². The number of aliphatic hydroxyl groups is 1. The summed E-state index contributed by atoms with van der Waals surface area (Å²) in [4.78, 5) is 26.3. The van der Waals surface area contributed by atoms with Crippen molar-refractivity contribution in [1.82, 2.24) is 15.5 Å². The van der Waals surface area contributed by atoms with Gasteiger partial charge >= 0.3 is 0 Å². The highest BCUT2D eigenvalue weighted by Gasteiger charge is 2.31. The fourth-order valence-corrected chi connectivity index (χ4v) is 3.34. The molecule has 3 rings (SSSR count). The lowest BCUT2D eigenvalue weighted by Gasteiger charge is -2.26. The summed E-state index contributed by atoms with van der Waals surface area (Å²) in [6.07, 6.45) is 3.88. The van der Waals surface area contributed by atoms with Crippen LogP contribution >= 0.6 is 0 Å². The lowest BCUT2D eigenvalue weighted by molar-refractivity contribution is -0.134. The van der Waals surface area contributed by atoms with Gasteiger partial charge in [0, 0.05) is 31.7 Å². The van der Waals surface area contributed by atoms with Crippen LogP contribution in [-0.4, -0.2) is 66.8 Å². The molecule has 2 aliphatic heterocycles. The fourth-order valence-electron chi connectivity index (χ4n) is 3.34. The number of piperidine rings is 1. The van der Waals surface area contributed by atoms with Crippen molar-refractivity contribution in [3.8, 4) is 5.75 Å². The van der Waals surface area contributed by atoms with Crippen molar-refractivity contribution in [3.05, 3.63) is 29.8 Å². The van der Waals surface area contributed by atoms with Crippen molar-refractivity contribution >= 4 is 11.8 Å². The molecule has 0 saturated carbocycles. The Kier molecular flexibility index (Phi) is 6.11. The van der Waals surface area contributed by atoms with Gasteiger partial charge in [-0.25, -0.2) is 0 Å². The Balaban J connectivity index is 1.50. The van der Waals surface area contributed by atoms with Crippen molar-refractivity contribution in [3.63, 3.8) is 0 Å². The number of ether oxygens (including phenoxy) is 1. The van der Waals surface area contributed by atoms with Gasteiger partial charge in [0.1, 0.15) is 5.75 Å². The Hall–Kier alpha value is -2.12. The molecule has 2 saturated heterocycles. The SMILES string of the molecule is O=C(NCC1(O)CCNC1)c1cccc(OCC(=O)N2CCCCC2)c1. The van der Waals surface area contributed by atoms with E-state index in [0.29, 0.717) is 24.3 Å². The Labute approximate surface area is 153 Å². The number of amides is 2. The first-order valence-corrected chi connectivity index (χ1v) is 9.28. The van der Waals surface area contributed by atoms with Gasteiger partial charge in [0.15, 0.2) is 6.61 Å². The normalized spacial score (nSPS) is 22.9. The second-order valence-electron chi connectivity index (χ2n) is 7.09. The summed E-state index contributed by atoms with van der Waals surface area (Å²) < 4.78 is 5.58. The molecule has 1 atom stereocenters. The highest BCUT2D eigenvalue weighted by Crippen LogP contribution is 2.16. The lowest BCUT2D eigenvalue weighted by Crippen LogP contribution is -2.44. The van der Waals surface area contributed by atoms with Crippen molar-refractivity contribution in [2.24, 2.45) is 0 Å². The first-order valence-electron chi connectivity index (χ1n) is 9.28. The maximum absolute atomic E-state index is 12.3. The third-order valence-corrected chi connectivity index (χ3v) is 4.97. The van der Waals surface area contributed by atoms with Gasteiger partial charge in [-0.2, -0.15) is 0 Å². The van der Waals surface area contributed by atoms with Crippen LogP contribution in [0.3, 0.4) is 0 Å². The summed E-state index contributed by atoms with van der Waals surface area (Å²) >= 11 is 0. The van der Waals surface area contributed by atoms with Crippen LogP contribution in [-0.2, 0) is 4.79 Å². The maximum atomic E-state index is 12.3.